The highest BCUT2D eigenvalue weighted by molar-refractivity contribution is 7.09. The summed E-state index contributed by atoms with van der Waals surface area (Å²) >= 11 is 1.60. The van der Waals surface area contributed by atoms with Crippen molar-refractivity contribution in [3.05, 3.63) is 70.4 Å². The predicted octanol–water partition coefficient (Wildman–Crippen LogP) is 3.99. The molecular weight excluding hydrogens is 344 g/mol. The van der Waals surface area contributed by atoms with Gasteiger partial charge in [-0.25, -0.2) is 0 Å². The van der Waals surface area contributed by atoms with Crippen LogP contribution < -0.4 is 5.32 Å². The third-order valence-electron chi connectivity index (χ3n) is 4.04. The first-order valence-corrected chi connectivity index (χ1v) is 9.49. The van der Waals surface area contributed by atoms with Gasteiger partial charge in [-0.1, -0.05) is 45.0 Å². The standard InChI is InChI=1S/C21H26N2O2S/c1-5-12-23(15-18-7-6-13-26-18)19(24)14-22-20(25)16-8-10-17(11-9-16)21(2,3)4/h5-11,13H,1,12,14-15H2,2-4H3,(H,22,25). The number of hydrogen-bond donors (Lipinski definition) is 1. The Hall–Kier alpha value is -2.40. The Kier molecular flexibility index (Phi) is 6.75. The van der Waals surface area contributed by atoms with E-state index in [1.807, 2.05) is 29.6 Å². The first-order valence-electron chi connectivity index (χ1n) is 8.61. The van der Waals surface area contributed by atoms with E-state index in [0.717, 1.165) is 4.88 Å². The van der Waals surface area contributed by atoms with Crippen molar-refractivity contribution in [3.8, 4) is 0 Å². The third kappa shape index (κ3) is 5.56. The minimum absolute atomic E-state index is 0.0287. The number of nitrogens with zero attached hydrogens (tertiary/aromatic N) is 1. The fourth-order valence-electron chi connectivity index (χ4n) is 2.49. The van der Waals surface area contributed by atoms with Crippen LogP contribution in [0.3, 0.4) is 0 Å². The van der Waals surface area contributed by atoms with E-state index in [-0.39, 0.29) is 23.8 Å². The molecule has 2 amide bonds. The predicted molar refractivity (Wildman–Crippen MR) is 107 cm³/mol. The summed E-state index contributed by atoms with van der Waals surface area (Å²) < 4.78 is 0. The quantitative estimate of drug-likeness (QED) is 0.749. The number of amides is 2. The lowest BCUT2D eigenvalue weighted by molar-refractivity contribution is -0.130. The minimum Gasteiger partial charge on any atom is -0.343 e. The van der Waals surface area contributed by atoms with Gasteiger partial charge in [0.25, 0.3) is 5.91 Å². The van der Waals surface area contributed by atoms with E-state index in [1.165, 1.54) is 5.56 Å². The lowest BCUT2D eigenvalue weighted by Gasteiger charge is -2.21. The van der Waals surface area contributed by atoms with Crippen LogP contribution in [0.5, 0.6) is 0 Å². The molecule has 0 bridgehead atoms. The van der Waals surface area contributed by atoms with Gasteiger partial charge in [0, 0.05) is 17.0 Å². The van der Waals surface area contributed by atoms with Gasteiger partial charge in [0.15, 0.2) is 0 Å². The zero-order chi connectivity index (χ0) is 19.2. The fourth-order valence-corrected chi connectivity index (χ4v) is 3.21. The van der Waals surface area contributed by atoms with Crippen LogP contribution in [-0.4, -0.2) is 29.8 Å². The van der Waals surface area contributed by atoms with Gasteiger partial charge >= 0.3 is 0 Å². The van der Waals surface area contributed by atoms with Crippen molar-refractivity contribution in [2.45, 2.75) is 32.7 Å². The Labute approximate surface area is 159 Å². The molecule has 1 N–H and O–H groups in total. The van der Waals surface area contributed by atoms with Gasteiger partial charge in [-0.15, -0.1) is 17.9 Å². The largest absolute Gasteiger partial charge is 0.343 e. The van der Waals surface area contributed by atoms with Gasteiger partial charge in [-0.3, -0.25) is 9.59 Å². The van der Waals surface area contributed by atoms with E-state index in [0.29, 0.717) is 18.7 Å². The Bertz CT molecular complexity index is 743. The molecule has 0 atom stereocenters. The van der Waals surface area contributed by atoms with E-state index >= 15 is 0 Å². The van der Waals surface area contributed by atoms with Crippen LogP contribution in [0, 0.1) is 0 Å². The molecule has 0 unspecified atom stereocenters. The molecule has 4 nitrogen and oxygen atoms in total. The van der Waals surface area contributed by atoms with Crippen LogP contribution in [0.2, 0.25) is 0 Å². The molecule has 2 rings (SSSR count). The number of benzene rings is 1. The number of carbonyl (C=O) groups is 2. The first-order chi connectivity index (χ1) is 12.3. The highest BCUT2D eigenvalue weighted by Crippen LogP contribution is 2.22. The molecule has 1 aromatic heterocycles. The number of nitrogens with one attached hydrogen (secondary N) is 1. The first kappa shape index (κ1) is 19.9. The molecule has 5 heteroatoms. The van der Waals surface area contributed by atoms with Gasteiger partial charge in [0.2, 0.25) is 5.91 Å². The Morgan fingerprint density at radius 3 is 2.42 bits per heavy atom. The fraction of sp³-hybridized carbons (Fsp3) is 0.333. The van der Waals surface area contributed by atoms with Crippen LogP contribution in [0.25, 0.3) is 0 Å². The summed E-state index contributed by atoms with van der Waals surface area (Å²) in [7, 11) is 0. The molecule has 138 valence electrons. The molecule has 1 aromatic carbocycles. The Balaban J connectivity index is 1.94. The van der Waals surface area contributed by atoms with Crippen molar-refractivity contribution in [2.75, 3.05) is 13.1 Å². The number of rotatable bonds is 7. The molecule has 0 aliphatic heterocycles. The topological polar surface area (TPSA) is 49.4 Å². The summed E-state index contributed by atoms with van der Waals surface area (Å²) in [6, 6.07) is 11.5. The molecule has 0 saturated carbocycles. The molecule has 0 aliphatic rings. The van der Waals surface area contributed by atoms with Gasteiger partial charge in [-0.2, -0.15) is 0 Å². The molecule has 0 saturated heterocycles. The zero-order valence-corrected chi connectivity index (χ0v) is 16.4. The second-order valence-electron chi connectivity index (χ2n) is 7.15. The van der Waals surface area contributed by atoms with Crippen molar-refractivity contribution in [3.63, 3.8) is 0 Å². The second-order valence-corrected chi connectivity index (χ2v) is 8.18. The van der Waals surface area contributed by atoms with E-state index in [2.05, 4.69) is 32.7 Å². The van der Waals surface area contributed by atoms with Gasteiger partial charge in [-0.05, 0) is 34.6 Å². The SMILES string of the molecule is C=CCN(Cc1cccs1)C(=O)CNC(=O)c1ccc(C(C)(C)C)cc1. The smallest absolute Gasteiger partial charge is 0.251 e. The van der Waals surface area contributed by atoms with Crippen LogP contribution in [0.1, 0.15) is 41.6 Å². The van der Waals surface area contributed by atoms with Gasteiger partial charge in [0.1, 0.15) is 0 Å². The van der Waals surface area contributed by atoms with Crippen molar-refractivity contribution in [1.29, 1.82) is 0 Å². The van der Waals surface area contributed by atoms with Crippen LogP contribution in [-0.2, 0) is 16.8 Å². The minimum atomic E-state index is -0.242. The summed E-state index contributed by atoms with van der Waals surface area (Å²) in [5.74, 6) is -0.369. The van der Waals surface area contributed by atoms with E-state index in [4.69, 9.17) is 0 Å². The molecule has 0 spiro atoms. The van der Waals surface area contributed by atoms with Crippen molar-refractivity contribution >= 4 is 23.2 Å². The lowest BCUT2D eigenvalue weighted by Crippen LogP contribution is -2.39. The highest BCUT2D eigenvalue weighted by atomic mass is 32.1. The third-order valence-corrected chi connectivity index (χ3v) is 4.90. The lowest BCUT2D eigenvalue weighted by atomic mass is 9.87. The van der Waals surface area contributed by atoms with Crippen molar-refractivity contribution in [1.82, 2.24) is 10.2 Å². The number of carbonyl (C=O) groups excluding carboxylic acids is 2. The Morgan fingerprint density at radius 2 is 1.88 bits per heavy atom. The van der Waals surface area contributed by atoms with Crippen LogP contribution in [0.4, 0.5) is 0 Å². The molecule has 1 heterocycles. The molecule has 0 aliphatic carbocycles. The van der Waals surface area contributed by atoms with E-state index < -0.39 is 0 Å². The average molecular weight is 371 g/mol. The van der Waals surface area contributed by atoms with Crippen LogP contribution in [0.15, 0.2) is 54.4 Å². The number of hydrogen-bond acceptors (Lipinski definition) is 3. The normalized spacial score (nSPS) is 11.0. The van der Waals surface area contributed by atoms with Crippen LogP contribution >= 0.6 is 11.3 Å². The molecular formula is C21H26N2O2S. The Morgan fingerprint density at radius 1 is 1.19 bits per heavy atom. The molecule has 0 fully saturated rings. The van der Waals surface area contributed by atoms with Crippen molar-refractivity contribution < 1.29 is 9.59 Å². The highest BCUT2D eigenvalue weighted by Gasteiger charge is 2.16. The maximum atomic E-state index is 12.4. The van der Waals surface area contributed by atoms with Gasteiger partial charge in [0.05, 0.1) is 13.1 Å². The summed E-state index contributed by atoms with van der Waals surface area (Å²) in [4.78, 5) is 27.5. The maximum Gasteiger partial charge on any atom is 0.251 e. The van der Waals surface area contributed by atoms with E-state index in [1.54, 1.807) is 34.4 Å². The summed E-state index contributed by atoms with van der Waals surface area (Å²) in [5, 5.41) is 4.70. The molecule has 0 radical (unpaired) electrons. The number of thiophene rings is 1. The monoisotopic (exact) mass is 370 g/mol. The summed E-state index contributed by atoms with van der Waals surface area (Å²) in [6.07, 6.45) is 1.69. The van der Waals surface area contributed by atoms with Gasteiger partial charge < -0.3 is 10.2 Å². The second kappa shape index (κ2) is 8.81. The zero-order valence-electron chi connectivity index (χ0n) is 15.6. The molecule has 2 aromatic rings. The maximum absolute atomic E-state index is 12.4. The molecule has 26 heavy (non-hydrogen) atoms. The summed E-state index contributed by atoms with van der Waals surface area (Å²) in [5.41, 5.74) is 1.76. The van der Waals surface area contributed by atoms with E-state index in [9.17, 15) is 9.59 Å². The average Bonchev–Trinajstić information content (AvgIpc) is 3.11. The van der Waals surface area contributed by atoms with Crippen molar-refractivity contribution in [2.24, 2.45) is 0 Å². The summed E-state index contributed by atoms with van der Waals surface area (Å²) in [6.45, 7) is 11.0.